The Morgan fingerprint density at radius 3 is 2.72 bits per heavy atom. The number of aliphatic imine (C=N–C) groups is 1. The molecule has 2 heterocycles. The summed E-state index contributed by atoms with van der Waals surface area (Å²) in [7, 11) is 1.67. The number of para-hydroxylation sites is 2. The molecule has 3 N–H and O–H groups in total. The van der Waals surface area contributed by atoms with Crippen LogP contribution in [0.3, 0.4) is 0 Å². The van der Waals surface area contributed by atoms with Crippen LogP contribution in [0.2, 0.25) is 0 Å². The maximum Gasteiger partial charge on any atom is 0.265 e. The lowest BCUT2D eigenvalue weighted by atomic mass is 10.1. The van der Waals surface area contributed by atoms with Crippen molar-refractivity contribution in [1.29, 1.82) is 0 Å². The molecule has 0 bridgehead atoms. The number of hydrogen-bond acceptors (Lipinski definition) is 5. The number of benzene rings is 1. The largest absolute Gasteiger partial charge is 0.482 e. The van der Waals surface area contributed by atoms with E-state index in [0.717, 1.165) is 56.3 Å². The van der Waals surface area contributed by atoms with Crippen molar-refractivity contribution in [3.8, 4) is 5.75 Å². The topological polar surface area (TPSA) is 98.3 Å². The standard InChI is InChI=1S/C22H34N6O3.HI/c1-3-24-22(26-17-9-13-27(14-10-17)15-20(29)23-2)25-11-6-12-28-18-7-4-5-8-19(18)31-16-21(28)30;/h4-5,7-8,17H,3,6,9-16H2,1-2H3,(H,23,29)(H2,24,25,26);1H. The Hall–Kier alpha value is -2.08. The van der Waals surface area contributed by atoms with Crippen molar-refractivity contribution in [1.82, 2.24) is 20.9 Å². The molecule has 32 heavy (non-hydrogen) atoms. The van der Waals surface area contributed by atoms with Crippen LogP contribution < -0.4 is 25.6 Å². The van der Waals surface area contributed by atoms with Gasteiger partial charge in [-0.2, -0.15) is 0 Å². The summed E-state index contributed by atoms with van der Waals surface area (Å²) in [5.74, 6) is 1.60. The van der Waals surface area contributed by atoms with Crippen molar-refractivity contribution in [2.24, 2.45) is 4.99 Å². The van der Waals surface area contributed by atoms with Crippen LogP contribution in [0.1, 0.15) is 26.2 Å². The van der Waals surface area contributed by atoms with Gasteiger partial charge in [0.15, 0.2) is 12.6 Å². The van der Waals surface area contributed by atoms with Crippen molar-refractivity contribution in [2.75, 3.05) is 57.8 Å². The number of likely N-dealkylation sites (tertiary alicyclic amines) is 1. The number of fused-ring (bicyclic) bond motifs is 1. The van der Waals surface area contributed by atoms with Gasteiger partial charge in [0.25, 0.3) is 5.91 Å². The first kappa shape index (κ1) is 26.2. The molecule has 2 aliphatic rings. The molecule has 0 unspecified atom stereocenters. The molecule has 2 amide bonds. The van der Waals surface area contributed by atoms with Gasteiger partial charge in [0, 0.05) is 45.8 Å². The normalized spacial score (nSPS) is 17.1. The quantitative estimate of drug-likeness (QED) is 0.192. The molecule has 10 heteroatoms. The number of amides is 2. The first-order chi connectivity index (χ1) is 15.1. The van der Waals surface area contributed by atoms with Crippen molar-refractivity contribution in [2.45, 2.75) is 32.2 Å². The lowest BCUT2D eigenvalue weighted by molar-refractivity contribution is -0.122. The summed E-state index contributed by atoms with van der Waals surface area (Å²) in [4.78, 5) is 32.5. The van der Waals surface area contributed by atoms with Gasteiger partial charge in [-0.15, -0.1) is 24.0 Å². The molecule has 1 fully saturated rings. The molecule has 9 nitrogen and oxygen atoms in total. The highest BCUT2D eigenvalue weighted by atomic mass is 127. The molecule has 1 saturated heterocycles. The van der Waals surface area contributed by atoms with Crippen molar-refractivity contribution >= 4 is 47.4 Å². The number of carbonyl (C=O) groups excluding carboxylic acids is 2. The maximum atomic E-state index is 12.3. The van der Waals surface area contributed by atoms with Gasteiger partial charge in [0.05, 0.1) is 12.2 Å². The number of nitrogens with one attached hydrogen (secondary N) is 3. The molecule has 0 saturated carbocycles. The highest BCUT2D eigenvalue weighted by Gasteiger charge is 2.24. The SMILES string of the molecule is CCNC(=NCCCN1C(=O)COc2ccccc21)NC1CCN(CC(=O)NC)CC1.I. The van der Waals surface area contributed by atoms with E-state index in [-0.39, 0.29) is 42.4 Å². The number of hydrogen-bond donors (Lipinski definition) is 3. The number of piperidine rings is 1. The van der Waals surface area contributed by atoms with Gasteiger partial charge in [-0.05, 0) is 38.3 Å². The number of halogens is 1. The predicted octanol–water partition coefficient (Wildman–Crippen LogP) is 1.19. The zero-order valence-corrected chi connectivity index (χ0v) is 21.3. The van der Waals surface area contributed by atoms with E-state index < -0.39 is 0 Å². The van der Waals surface area contributed by atoms with E-state index in [9.17, 15) is 9.59 Å². The molecule has 0 atom stereocenters. The first-order valence-corrected chi connectivity index (χ1v) is 11.1. The molecule has 0 aromatic heterocycles. The highest BCUT2D eigenvalue weighted by Crippen LogP contribution is 2.31. The minimum absolute atomic E-state index is 0. The number of guanidine groups is 1. The second-order valence-corrected chi connectivity index (χ2v) is 7.78. The summed E-state index contributed by atoms with van der Waals surface area (Å²) in [6, 6.07) is 7.97. The molecule has 2 aliphatic heterocycles. The zero-order chi connectivity index (χ0) is 22.1. The third-order valence-corrected chi connectivity index (χ3v) is 5.54. The minimum Gasteiger partial charge on any atom is -0.482 e. The fourth-order valence-electron chi connectivity index (χ4n) is 3.85. The van der Waals surface area contributed by atoms with Crippen LogP contribution in [0.4, 0.5) is 5.69 Å². The van der Waals surface area contributed by atoms with Gasteiger partial charge in [-0.1, -0.05) is 12.1 Å². The van der Waals surface area contributed by atoms with Gasteiger partial charge in [-0.3, -0.25) is 19.5 Å². The Morgan fingerprint density at radius 2 is 2.00 bits per heavy atom. The van der Waals surface area contributed by atoms with Crippen LogP contribution in [-0.4, -0.2) is 81.6 Å². The van der Waals surface area contributed by atoms with Crippen LogP contribution in [0.5, 0.6) is 5.75 Å². The van der Waals surface area contributed by atoms with Crippen molar-refractivity contribution in [3.05, 3.63) is 24.3 Å². The molecular formula is C22H35IN6O3. The summed E-state index contributed by atoms with van der Waals surface area (Å²) in [6.45, 7) is 6.40. The lowest BCUT2D eigenvalue weighted by Crippen LogP contribution is -2.50. The Labute approximate surface area is 207 Å². The van der Waals surface area contributed by atoms with Gasteiger partial charge in [0.1, 0.15) is 5.75 Å². The van der Waals surface area contributed by atoms with Crippen LogP contribution in [-0.2, 0) is 9.59 Å². The number of carbonyl (C=O) groups is 2. The van der Waals surface area contributed by atoms with Gasteiger partial charge in [0.2, 0.25) is 5.91 Å². The van der Waals surface area contributed by atoms with E-state index in [1.54, 1.807) is 11.9 Å². The fourth-order valence-corrected chi connectivity index (χ4v) is 3.85. The van der Waals surface area contributed by atoms with E-state index in [1.165, 1.54) is 0 Å². The van der Waals surface area contributed by atoms with Crippen molar-refractivity contribution < 1.29 is 14.3 Å². The molecular weight excluding hydrogens is 523 g/mol. The summed E-state index contributed by atoms with van der Waals surface area (Å²) in [5.41, 5.74) is 0.830. The van der Waals surface area contributed by atoms with E-state index in [1.807, 2.05) is 31.2 Å². The Bertz CT molecular complexity index is 783. The van der Waals surface area contributed by atoms with E-state index in [0.29, 0.717) is 25.7 Å². The highest BCUT2D eigenvalue weighted by molar-refractivity contribution is 14.0. The second kappa shape index (κ2) is 13.5. The Kier molecular flexibility index (Phi) is 11.0. The zero-order valence-electron chi connectivity index (χ0n) is 18.9. The van der Waals surface area contributed by atoms with Crippen molar-refractivity contribution in [3.63, 3.8) is 0 Å². The number of anilines is 1. The maximum absolute atomic E-state index is 12.3. The summed E-state index contributed by atoms with van der Waals surface area (Å²) < 4.78 is 5.50. The predicted molar refractivity (Wildman–Crippen MR) is 137 cm³/mol. The third kappa shape index (κ3) is 7.51. The van der Waals surface area contributed by atoms with E-state index in [4.69, 9.17) is 9.73 Å². The van der Waals surface area contributed by atoms with Crippen LogP contribution in [0.25, 0.3) is 0 Å². The average Bonchev–Trinajstić information content (AvgIpc) is 2.79. The fraction of sp³-hybridized carbons (Fsp3) is 0.591. The Balaban J connectivity index is 0.00000363. The van der Waals surface area contributed by atoms with Gasteiger partial charge in [-0.25, -0.2) is 0 Å². The summed E-state index contributed by atoms with van der Waals surface area (Å²) in [5, 5.41) is 9.50. The second-order valence-electron chi connectivity index (χ2n) is 7.78. The van der Waals surface area contributed by atoms with E-state index in [2.05, 4.69) is 20.9 Å². The smallest absolute Gasteiger partial charge is 0.265 e. The molecule has 0 spiro atoms. The summed E-state index contributed by atoms with van der Waals surface area (Å²) >= 11 is 0. The molecule has 0 aliphatic carbocycles. The molecule has 1 aromatic rings. The molecule has 1 aromatic carbocycles. The minimum atomic E-state index is -0.0174. The number of nitrogens with zero attached hydrogens (tertiary/aromatic N) is 3. The monoisotopic (exact) mass is 558 g/mol. The third-order valence-electron chi connectivity index (χ3n) is 5.54. The number of ether oxygens (including phenoxy) is 1. The van der Waals surface area contributed by atoms with Gasteiger partial charge >= 0.3 is 0 Å². The molecule has 178 valence electrons. The average molecular weight is 558 g/mol. The van der Waals surface area contributed by atoms with E-state index >= 15 is 0 Å². The van der Waals surface area contributed by atoms with Gasteiger partial charge < -0.3 is 25.6 Å². The molecule has 3 rings (SSSR count). The number of likely N-dealkylation sites (N-methyl/N-ethyl adjacent to an activating group) is 1. The van der Waals surface area contributed by atoms with Crippen LogP contribution in [0.15, 0.2) is 29.3 Å². The summed E-state index contributed by atoms with van der Waals surface area (Å²) in [6.07, 6.45) is 2.71. The first-order valence-electron chi connectivity index (χ1n) is 11.1. The van der Waals surface area contributed by atoms with Crippen LogP contribution in [0, 0.1) is 0 Å². The number of rotatable bonds is 8. The molecule has 0 radical (unpaired) electrons. The van der Waals surface area contributed by atoms with Crippen LogP contribution >= 0.6 is 24.0 Å². The Morgan fingerprint density at radius 1 is 1.25 bits per heavy atom. The lowest BCUT2D eigenvalue weighted by Gasteiger charge is -2.32.